The van der Waals surface area contributed by atoms with Crippen molar-refractivity contribution in [3.8, 4) is 0 Å². The average Bonchev–Trinajstić information content (AvgIpc) is 2.70. The lowest BCUT2D eigenvalue weighted by Crippen LogP contribution is -2.11. The van der Waals surface area contributed by atoms with Crippen molar-refractivity contribution in [1.82, 2.24) is 0 Å². The van der Waals surface area contributed by atoms with Crippen molar-refractivity contribution in [2.75, 3.05) is 6.61 Å². The fraction of sp³-hybridized carbons (Fsp3) is 0.650. The Kier molecular flexibility index (Phi) is 16.7. The van der Waals surface area contributed by atoms with Gasteiger partial charge in [-0.2, -0.15) is 0 Å². The van der Waals surface area contributed by atoms with E-state index >= 15 is 0 Å². The van der Waals surface area contributed by atoms with E-state index in [9.17, 15) is 14.5 Å². The number of hydrogen-bond acceptors (Lipinski definition) is 3. The second-order valence-corrected chi connectivity index (χ2v) is 11.5. The van der Waals surface area contributed by atoms with Crippen LogP contribution < -0.4 is 0 Å². The molecule has 1 unspecified atom stereocenters. The van der Waals surface area contributed by atoms with Crippen molar-refractivity contribution in [2.24, 2.45) is 5.92 Å². The van der Waals surface area contributed by atoms with E-state index in [4.69, 9.17) is 9.79 Å². The number of aromatic carboxylic acids is 1. The zero-order valence-electron chi connectivity index (χ0n) is 18.0. The number of hydrogen-bond donors (Lipinski definition) is 3. The predicted octanol–water partition coefficient (Wildman–Crippen LogP) is 8.48. The lowest BCUT2D eigenvalue weighted by atomic mass is 9.90. The van der Waals surface area contributed by atoms with Gasteiger partial charge in [-0.25, -0.2) is 9.36 Å². The molecule has 0 saturated carbocycles. The summed E-state index contributed by atoms with van der Waals surface area (Å²) in [5.74, 6) is -0.407. The number of phosphoric acid groups is 1. The molecule has 0 radical (unpaired) electrons. The van der Waals surface area contributed by atoms with E-state index in [2.05, 4.69) is 82.1 Å². The molecule has 1 aromatic rings. The van der Waals surface area contributed by atoms with Gasteiger partial charge >= 0.3 is 13.8 Å². The molecule has 1 aromatic carbocycles. The molecule has 0 aliphatic rings. The number of carboxylic acids is 1. The summed E-state index contributed by atoms with van der Waals surface area (Å²) in [5.41, 5.74) is 1.19. The van der Waals surface area contributed by atoms with Crippen LogP contribution in [0.1, 0.15) is 81.6 Å². The Morgan fingerprint density at radius 1 is 0.935 bits per heavy atom. The minimum Gasteiger partial charge on any atom is -0.478 e. The first-order chi connectivity index (χ1) is 14.4. The zero-order valence-corrected chi connectivity index (χ0v) is 25.2. The molecule has 1 atom stereocenters. The van der Waals surface area contributed by atoms with Gasteiger partial charge in [0.25, 0.3) is 0 Å². The van der Waals surface area contributed by atoms with Gasteiger partial charge in [-0.1, -0.05) is 59.3 Å². The van der Waals surface area contributed by atoms with Crippen molar-refractivity contribution in [3.63, 3.8) is 0 Å². The Bertz CT molecular complexity index is 754. The minimum absolute atomic E-state index is 0.151. The molecule has 6 nitrogen and oxygen atoms in total. The first kappa shape index (κ1) is 31.7. The number of carboxylic acid groups (broad SMARTS) is 1. The van der Waals surface area contributed by atoms with Gasteiger partial charge in [0, 0.05) is 17.9 Å². The third-order valence-electron chi connectivity index (χ3n) is 4.62. The molecule has 0 aliphatic heterocycles. The SMILES string of the molecule is CCCCC(CC)Cc1c(Br)c(Br)c(Br)c(Br)c1C(=O)O.CCCCCOP(=O)(O)O. The molecule has 0 aliphatic carbocycles. The van der Waals surface area contributed by atoms with E-state index < -0.39 is 13.8 Å². The summed E-state index contributed by atoms with van der Waals surface area (Å²) in [5, 5.41) is 9.56. The lowest BCUT2D eigenvalue weighted by Gasteiger charge is -2.20. The molecule has 0 amide bonds. The maximum Gasteiger partial charge on any atom is 0.469 e. The lowest BCUT2D eigenvalue weighted by molar-refractivity contribution is 0.0694. The molecule has 3 N–H and O–H groups in total. The van der Waals surface area contributed by atoms with Crippen LogP contribution >= 0.6 is 71.5 Å². The van der Waals surface area contributed by atoms with Gasteiger partial charge in [0.15, 0.2) is 0 Å². The van der Waals surface area contributed by atoms with Gasteiger partial charge in [-0.3, -0.25) is 4.52 Å². The third-order valence-corrected chi connectivity index (χ3v) is 9.99. The molecule has 11 heteroatoms. The number of unbranched alkanes of at least 4 members (excludes halogenated alkanes) is 3. The van der Waals surface area contributed by atoms with E-state index in [-0.39, 0.29) is 6.61 Å². The smallest absolute Gasteiger partial charge is 0.469 e. The van der Waals surface area contributed by atoms with Crippen molar-refractivity contribution in [2.45, 2.75) is 72.1 Å². The Balaban J connectivity index is 0.000000759. The van der Waals surface area contributed by atoms with Crippen molar-refractivity contribution in [3.05, 3.63) is 29.0 Å². The highest BCUT2D eigenvalue weighted by atomic mass is 79.9. The second kappa shape index (κ2) is 16.4. The number of benzene rings is 1. The number of rotatable bonds is 12. The fourth-order valence-electron chi connectivity index (χ4n) is 2.86. The Morgan fingerprint density at radius 3 is 1.94 bits per heavy atom. The van der Waals surface area contributed by atoms with E-state index in [1.807, 2.05) is 6.92 Å². The molecule has 0 fully saturated rings. The number of carbonyl (C=O) groups is 1. The standard InChI is InChI=1S/C15H18Br4O2.C5H13O4P/c1-3-5-6-8(4-2)7-9-10(15(20)21)12(17)14(19)13(18)11(9)16;1-2-3-4-5-9-10(6,7)8/h8H,3-7H2,1-2H3,(H,20,21);2-5H2,1H3,(H2,6,7,8). The first-order valence-electron chi connectivity index (χ1n) is 10.2. The summed E-state index contributed by atoms with van der Waals surface area (Å²) in [4.78, 5) is 28.1. The molecule has 0 aromatic heterocycles. The van der Waals surface area contributed by atoms with Gasteiger partial charge in [0.05, 0.1) is 12.2 Å². The zero-order chi connectivity index (χ0) is 24.2. The van der Waals surface area contributed by atoms with Crippen LogP contribution in [0, 0.1) is 5.92 Å². The minimum atomic E-state index is -4.21. The molecule has 31 heavy (non-hydrogen) atoms. The molecule has 0 bridgehead atoms. The van der Waals surface area contributed by atoms with E-state index in [0.29, 0.717) is 22.4 Å². The molecule has 0 saturated heterocycles. The molecule has 1 rings (SSSR count). The van der Waals surface area contributed by atoms with Crippen molar-refractivity contribution in [1.29, 1.82) is 0 Å². The largest absolute Gasteiger partial charge is 0.478 e. The van der Waals surface area contributed by atoms with Gasteiger partial charge in [-0.15, -0.1) is 0 Å². The highest BCUT2D eigenvalue weighted by Crippen LogP contribution is 2.43. The predicted molar refractivity (Wildman–Crippen MR) is 139 cm³/mol. The molecule has 0 heterocycles. The van der Waals surface area contributed by atoms with E-state index in [1.165, 1.54) is 6.42 Å². The summed E-state index contributed by atoms with van der Waals surface area (Å²) in [6.45, 7) is 6.51. The summed E-state index contributed by atoms with van der Waals surface area (Å²) >= 11 is 13.9. The molecular weight excluding hydrogens is 687 g/mol. The van der Waals surface area contributed by atoms with Crippen LogP contribution in [0.3, 0.4) is 0 Å². The highest BCUT2D eigenvalue weighted by molar-refractivity contribution is 9.15. The van der Waals surface area contributed by atoms with Crippen LogP contribution in [0.25, 0.3) is 0 Å². The maximum absolute atomic E-state index is 11.7. The Labute approximate surface area is 218 Å². The van der Waals surface area contributed by atoms with Crippen LogP contribution in [-0.2, 0) is 15.5 Å². The first-order valence-corrected chi connectivity index (χ1v) is 14.9. The van der Waals surface area contributed by atoms with Crippen LogP contribution in [0.2, 0.25) is 0 Å². The quantitative estimate of drug-likeness (QED) is 0.0868. The van der Waals surface area contributed by atoms with Gasteiger partial charge < -0.3 is 14.9 Å². The maximum atomic E-state index is 11.7. The third kappa shape index (κ3) is 12.1. The second-order valence-electron chi connectivity index (χ2n) is 7.07. The summed E-state index contributed by atoms with van der Waals surface area (Å²) in [6, 6.07) is 0. The van der Waals surface area contributed by atoms with E-state index in [0.717, 1.165) is 57.5 Å². The summed E-state index contributed by atoms with van der Waals surface area (Å²) in [6.07, 6.45) is 7.96. The molecular formula is C20H31Br4O6P. The number of halogens is 4. The van der Waals surface area contributed by atoms with Crippen molar-refractivity contribution < 1.29 is 28.8 Å². The van der Waals surface area contributed by atoms with Gasteiger partial charge in [0.2, 0.25) is 0 Å². The Morgan fingerprint density at radius 2 is 1.48 bits per heavy atom. The van der Waals surface area contributed by atoms with Crippen LogP contribution in [0.4, 0.5) is 0 Å². The highest BCUT2D eigenvalue weighted by Gasteiger charge is 2.25. The van der Waals surface area contributed by atoms with Gasteiger partial charge in [0.1, 0.15) is 0 Å². The average molecular weight is 718 g/mol. The summed E-state index contributed by atoms with van der Waals surface area (Å²) in [7, 11) is -4.21. The fourth-order valence-corrected chi connectivity index (χ4v) is 5.76. The monoisotopic (exact) mass is 714 g/mol. The van der Waals surface area contributed by atoms with Crippen LogP contribution in [0.5, 0.6) is 0 Å². The topological polar surface area (TPSA) is 104 Å². The Hall–Kier alpha value is 0.720. The molecule has 180 valence electrons. The normalized spacial score (nSPS) is 12.3. The van der Waals surface area contributed by atoms with Gasteiger partial charge in [-0.05, 0) is 88.0 Å². The molecule has 0 spiro atoms. The van der Waals surface area contributed by atoms with Crippen molar-refractivity contribution >= 4 is 77.5 Å². The van der Waals surface area contributed by atoms with Crippen LogP contribution in [0.15, 0.2) is 17.9 Å². The summed E-state index contributed by atoms with van der Waals surface area (Å²) < 4.78 is 17.2. The van der Waals surface area contributed by atoms with Crippen LogP contribution in [-0.4, -0.2) is 27.5 Å². The number of phosphoric ester groups is 1. The van der Waals surface area contributed by atoms with E-state index in [1.54, 1.807) is 0 Å².